The molecule has 5 heteroatoms. The zero-order valence-corrected chi connectivity index (χ0v) is 9.93. The van der Waals surface area contributed by atoms with Gasteiger partial charge in [-0.1, -0.05) is 18.2 Å². The van der Waals surface area contributed by atoms with E-state index in [1.807, 2.05) is 0 Å². The fourth-order valence-electron chi connectivity index (χ4n) is 2.14. The Hall–Kier alpha value is -1.91. The van der Waals surface area contributed by atoms with Crippen molar-refractivity contribution in [2.45, 2.75) is 12.8 Å². The van der Waals surface area contributed by atoms with Gasteiger partial charge in [-0.3, -0.25) is 9.59 Å². The first-order valence-electron chi connectivity index (χ1n) is 5.88. The van der Waals surface area contributed by atoms with Crippen LogP contribution in [0.3, 0.4) is 0 Å². The lowest BCUT2D eigenvalue weighted by atomic mass is 10.1. The molecule has 1 saturated heterocycles. The van der Waals surface area contributed by atoms with Crippen molar-refractivity contribution < 1.29 is 14.0 Å². The monoisotopic (exact) mass is 250 g/mol. The molecule has 1 aliphatic rings. The number of benzene rings is 1. The highest BCUT2D eigenvalue weighted by atomic mass is 19.1. The van der Waals surface area contributed by atoms with Crippen LogP contribution in [-0.4, -0.2) is 29.8 Å². The van der Waals surface area contributed by atoms with Gasteiger partial charge in [0, 0.05) is 19.5 Å². The third-order valence-corrected chi connectivity index (χ3v) is 3.23. The number of carbonyl (C=O) groups is 2. The molecular formula is C13H15FN2O2. The molecule has 0 aliphatic carbocycles. The number of carbonyl (C=O) groups excluding carboxylic acids is 2. The topological polar surface area (TPSA) is 63.4 Å². The van der Waals surface area contributed by atoms with E-state index in [1.54, 1.807) is 23.1 Å². The third kappa shape index (κ3) is 2.67. The van der Waals surface area contributed by atoms with E-state index in [9.17, 15) is 14.0 Å². The zero-order valence-electron chi connectivity index (χ0n) is 9.93. The number of likely N-dealkylation sites (tertiary alicyclic amines) is 1. The van der Waals surface area contributed by atoms with Gasteiger partial charge in [0.1, 0.15) is 5.82 Å². The average molecular weight is 250 g/mol. The van der Waals surface area contributed by atoms with Gasteiger partial charge in [0.15, 0.2) is 0 Å². The van der Waals surface area contributed by atoms with E-state index in [0.29, 0.717) is 25.1 Å². The molecule has 0 aromatic heterocycles. The van der Waals surface area contributed by atoms with Crippen LogP contribution >= 0.6 is 0 Å². The normalized spacial score (nSPS) is 19.3. The number of amides is 2. The molecule has 4 nitrogen and oxygen atoms in total. The van der Waals surface area contributed by atoms with Crippen molar-refractivity contribution in [1.29, 1.82) is 0 Å². The van der Waals surface area contributed by atoms with Crippen molar-refractivity contribution in [2.24, 2.45) is 11.7 Å². The maximum Gasteiger partial charge on any atom is 0.223 e. The van der Waals surface area contributed by atoms with Crippen LogP contribution in [-0.2, 0) is 16.0 Å². The lowest BCUT2D eigenvalue weighted by Gasteiger charge is -2.16. The first-order valence-corrected chi connectivity index (χ1v) is 5.88. The fourth-order valence-corrected chi connectivity index (χ4v) is 2.14. The van der Waals surface area contributed by atoms with Crippen LogP contribution in [0.15, 0.2) is 24.3 Å². The lowest BCUT2D eigenvalue weighted by molar-refractivity contribution is -0.128. The molecule has 0 saturated carbocycles. The van der Waals surface area contributed by atoms with Crippen LogP contribution in [0.5, 0.6) is 0 Å². The number of nitrogens with zero attached hydrogens (tertiary/aromatic N) is 1. The van der Waals surface area contributed by atoms with E-state index in [2.05, 4.69) is 0 Å². The van der Waals surface area contributed by atoms with E-state index in [-0.39, 0.29) is 18.1 Å². The van der Waals surface area contributed by atoms with E-state index in [4.69, 9.17) is 5.73 Å². The van der Waals surface area contributed by atoms with Crippen molar-refractivity contribution in [3.63, 3.8) is 0 Å². The smallest absolute Gasteiger partial charge is 0.223 e. The number of hydrogen-bond acceptors (Lipinski definition) is 2. The number of rotatable bonds is 4. The Kier molecular flexibility index (Phi) is 3.60. The summed E-state index contributed by atoms with van der Waals surface area (Å²) in [6.07, 6.45) is 0.622. The molecule has 2 amide bonds. The van der Waals surface area contributed by atoms with Gasteiger partial charge in [0.05, 0.1) is 5.92 Å². The van der Waals surface area contributed by atoms with Gasteiger partial charge in [-0.25, -0.2) is 4.39 Å². The number of halogens is 1. The second-order valence-corrected chi connectivity index (χ2v) is 4.48. The summed E-state index contributed by atoms with van der Waals surface area (Å²) in [5.41, 5.74) is 5.75. The van der Waals surface area contributed by atoms with Crippen LogP contribution in [0.2, 0.25) is 0 Å². The highest BCUT2D eigenvalue weighted by Crippen LogP contribution is 2.18. The summed E-state index contributed by atoms with van der Waals surface area (Å²) in [5, 5.41) is 0. The molecule has 0 radical (unpaired) electrons. The number of hydrogen-bond donors (Lipinski definition) is 1. The van der Waals surface area contributed by atoms with Crippen LogP contribution in [0.25, 0.3) is 0 Å². The zero-order chi connectivity index (χ0) is 13.1. The third-order valence-electron chi connectivity index (χ3n) is 3.23. The van der Waals surface area contributed by atoms with Crippen molar-refractivity contribution in [1.82, 2.24) is 4.90 Å². The predicted molar refractivity (Wildman–Crippen MR) is 64.0 cm³/mol. The molecule has 1 heterocycles. The van der Waals surface area contributed by atoms with Gasteiger partial charge in [-0.05, 0) is 18.1 Å². The van der Waals surface area contributed by atoms with Gasteiger partial charge in [-0.15, -0.1) is 0 Å². The van der Waals surface area contributed by atoms with Crippen LogP contribution in [0, 0.1) is 11.7 Å². The second-order valence-electron chi connectivity index (χ2n) is 4.48. The molecule has 2 rings (SSSR count). The lowest BCUT2D eigenvalue weighted by Crippen LogP contribution is -2.30. The van der Waals surface area contributed by atoms with Gasteiger partial charge in [0.25, 0.3) is 0 Å². The summed E-state index contributed by atoms with van der Waals surface area (Å²) < 4.78 is 13.4. The Balaban J connectivity index is 1.93. The molecular weight excluding hydrogens is 235 g/mol. The van der Waals surface area contributed by atoms with Gasteiger partial charge in [-0.2, -0.15) is 0 Å². The first kappa shape index (κ1) is 12.5. The highest BCUT2D eigenvalue weighted by molar-refractivity contribution is 5.88. The van der Waals surface area contributed by atoms with Crippen molar-refractivity contribution >= 4 is 11.8 Å². The summed E-state index contributed by atoms with van der Waals surface area (Å²) in [6, 6.07) is 6.48. The molecule has 0 bridgehead atoms. The Morgan fingerprint density at radius 1 is 1.44 bits per heavy atom. The first-order chi connectivity index (χ1) is 8.58. The minimum atomic E-state index is -0.447. The van der Waals surface area contributed by atoms with Gasteiger partial charge in [0.2, 0.25) is 11.8 Å². The average Bonchev–Trinajstić information content (AvgIpc) is 2.70. The molecule has 1 aliphatic heterocycles. The summed E-state index contributed by atoms with van der Waals surface area (Å²) in [6.45, 7) is 0.770. The maximum atomic E-state index is 13.4. The highest BCUT2D eigenvalue weighted by Gasteiger charge is 2.32. The molecule has 96 valence electrons. The van der Waals surface area contributed by atoms with E-state index < -0.39 is 11.8 Å². The quantitative estimate of drug-likeness (QED) is 0.855. The summed E-state index contributed by atoms with van der Waals surface area (Å²) in [4.78, 5) is 24.2. The SMILES string of the molecule is NC(=O)C1CC(=O)N(CCc2ccccc2F)C1. The molecule has 1 aromatic rings. The second kappa shape index (κ2) is 5.16. The van der Waals surface area contributed by atoms with Crippen LogP contribution in [0.1, 0.15) is 12.0 Å². The van der Waals surface area contributed by atoms with Crippen molar-refractivity contribution in [3.05, 3.63) is 35.6 Å². The molecule has 2 N–H and O–H groups in total. The molecule has 0 spiro atoms. The number of nitrogens with two attached hydrogens (primary N) is 1. The molecule has 1 aromatic carbocycles. The number of primary amides is 1. The molecule has 1 unspecified atom stereocenters. The Bertz CT molecular complexity index is 476. The van der Waals surface area contributed by atoms with E-state index >= 15 is 0 Å². The molecule has 1 fully saturated rings. The summed E-state index contributed by atoms with van der Waals surface area (Å²) in [5.74, 6) is -1.21. The maximum absolute atomic E-state index is 13.4. The minimum Gasteiger partial charge on any atom is -0.369 e. The van der Waals surface area contributed by atoms with Crippen molar-refractivity contribution in [2.75, 3.05) is 13.1 Å². The predicted octanol–water partition coefficient (Wildman–Crippen LogP) is 0.702. The molecule has 18 heavy (non-hydrogen) atoms. The van der Waals surface area contributed by atoms with E-state index in [0.717, 1.165) is 0 Å². The van der Waals surface area contributed by atoms with Gasteiger partial charge >= 0.3 is 0 Å². The Morgan fingerprint density at radius 2 is 2.17 bits per heavy atom. The summed E-state index contributed by atoms with van der Waals surface area (Å²) in [7, 11) is 0. The van der Waals surface area contributed by atoms with Gasteiger partial charge < -0.3 is 10.6 Å². The minimum absolute atomic E-state index is 0.0878. The van der Waals surface area contributed by atoms with Crippen LogP contribution < -0.4 is 5.73 Å². The molecule has 1 atom stereocenters. The van der Waals surface area contributed by atoms with E-state index in [1.165, 1.54) is 6.07 Å². The Labute approximate surface area is 105 Å². The standard InChI is InChI=1S/C13H15FN2O2/c14-11-4-2-1-3-9(11)5-6-16-8-10(13(15)18)7-12(16)17/h1-4,10H,5-8H2,(H2,15,18). The largest absolute Gasteiger partial charge is 0.369 e. The van der Waals surface area contributed by atoms with Crippen LogP contribution in [0.4, 0.5) is 4.39 Å². The van der Waals surface area contributed by atoms with Crippen molar-refractivity contribution in [3.8, 4) is 0 Å². The summed E-state index contributed by atoms with van der Waals surface area (Å²) >= 11 is 0. The Morgan fingerprint density at radius 3 is 2.78 bits per heavy atom. The fraction of sp³-hybridized carbons (Fsp3) is 0.385.